The monoisotopic (exact) mass is 491 g/mol. The minimum Gasteiger partial charge on any atom is -0.313 e. The molecule has 1 atom stereocenters. The molecule has 3 heterocycles. The highest BCUT2D eigenvalue weighted by atomic mass is 35.5. The van der Waals surface area contributed by atoms with Crippen molar-refractivity contribution in [1.29, 1.82) is 0 Å². The van der Waals surface area contributed by atoms with Gasteiger partial charge in [0.1, 0.15) is 16.8 Å². The second-order valence-electron chi connectivity index (χ2n) is 8.37. The third-order valence-corrected chi connectivity index (χ3v) is 6.20. The lowest BCUT2D eigenvalue weighted by atomic mass is 9.95. The Balaban J connectivity index is 0.00000160. The van der Waals surface area contributed by atoms with Crippen LogP contribution in [0.15, 0.2) is 23.0 Å². The molecule has 6 nitrogen and oxygen atoms in total. The van der Waals surface area contributed by atoms with Crippen LogP contribution in [0.3, 0.4) is 0 Å². The Kier molecular flexibility index (Phi) is 11.6. The molecule has 176 valence electrons. The van der Waals surface area contributed by atoms with E-state index in [1.165, 1.54) is 32.1 Å². The summed E-state index contributed by atoms with van der Waals surface area (Å²) in [7, 11) is 0. The topological polar surface area (TPSA) is 63.4 Å². The van der Waals surface area contributed by atoms with E-state index in [1.54, 1.807) is 0 Å². The molecule has 0 aromatic carbocycles. The molecule has 0 spiro atoms. The van der Waals surface area contributed by atoms with E-state index in [0.29, 0.717) is 6.04 Å². The highest BCUT2D eigenvalue weighted by molar-refractivity contribution is 5.86. The van der Waals surface area contributed by atoms with Crippen LogP contribution in [0.25, 0.3) is 16.8 Å². The molecule has 1 aliphatic carbocycles. The van der Waals surface area contributed by atoms with Gasteiger partial charge in [0.15, 0.2) is 0 Å². The number of nitrogens with zero attached hydrogens (tertiary/aromatic N) is 3. The molecule has 0 bridgehead atoms. The Hall–Kier alpha value is -1.05. The number of hydrogen-bond acceptors (Lipinski definition) is 4. The van der Waals surface area contributed by atoms with Crippen LogP contribution < -0.4 is 16.2 Å². The number of pyridine rings is 1. The lowest BCUT2D eigenvalue weighted by molar-refractivity contribution is 0.367. The zero-order valence-electron chi connectivity index (χ0n) is 18.4. The van der Waals surface area contributed by atoms with Crippen LogP contribution in [0, 0.1) is 6.92 Å². The van der Waals surface area contributed by atoms with E-state index in [-0.39, 0.29) is 42.8 Å². The van der Waals surface area contributed by atoms with E-state index in [4.69, 9.17) is 0 Å². The summed E-state index contributed by atoms with van der Waals surface area (Å²) in [6.07, 6.45) is 8.89. The second-order valence-corrected chi connectivity index (χ2v) is 8.37. The average Bonchev–Trinajstić information content (AvgIpc) is 3.19. The van der Waals surface area contributed by atoms with Crippen LogP contribution >= 0.6 is 37.2 Å². The number of aromatic nitrogens is 3. The predicted octanol–water partition coefficient (Wildman–Crippen LogP) is 4.34. The summed E-state index contributed by atoms with van der Waals surface area (Å²) in [5.74, 6) is 0. The molecule has 1 unspecified atom stereocenters. The fourth-order valence-electron chi connectivity index (χ4n) is 4.66. The highest BCUT2D eigenvalue weighted by Crippen LogP contribution is 2.18. The van der Waals surface area contributed by atoms with Gasteiger partial charge in [0, 0.05) is 31.7 Å². The molecular weight excluding hydrogens is 457 g/mol. The van der Waals surface area contributed by atoms with Crippen molar-refractivity contribution in [3.8, 4) is 0 Å². The number of imidazole rings is 2. The summed E-state index contributed by atoms with van der Waals surface area (Å²) in [5, 5.41) is 7.30. The SMILES string of the molecule is Cc1nc2cccc3n(CCCC(C)NCCNC4CCCCC4)c(=O)c1n23.Cl.Cl.Cl. The summed E-state index contributed by atoms with van der Waals surface area (Å²) >= 11 is 0. The zero-order valence-corrected chi connectivity index (χ0v) is 20.9. The van der Waals surface area contributed by atoms with Crippen molar-refractivity contribution < 1.29 is 0 Å². The highest BCUT2D eigenvalue weighted by Gasteiger charge is 2.17. The molecule has 0 radical (unpaired) electrons. The predicted molar refractivity (Wildman–Crippen MR) is 136 cm³/mol. The van der Waals surface area contributed by atoms with Crippen LogP contribution in [0.2, 0.25) is 0 Å². The lowest BCUT2D eigenvalue weighted by Gasteiger charge is -2.23. The van der Waals surface area contributed by atoms with Crippen molar-refractivity contribution >= 4 is 54.0 Å². The van der Waals surface area contributed by atoms with Crippen LogP contribution in [0.4, 0.5) is 0 Å². The number of hydrogen-bond donors (Lipinski definition) is 2. The first-order valence-electron chi connectivity index (χ1n) is 10.9. The van der Waals surface area contributed by atoms with Crippen molar-refractivity contribution in [2.45, 2.75) is 77.4 Å². The van der Waals surface area contributed by atoms with Crippen molar-refractivity contribution in [3.63, 3.8) is 0 Å². The largest absolute Gasteiger partial charge is 0.313 e. The van der Waals surface area contributed by atoms with E-state index < -0.39 is 0 Å². The molecule has 0 saturated heterocycles. The molecule has 3 aromatic heterocycles. The summed E-state index contributed by atoms with van der Waals surface area (Å²) < 4.78 is 3.91. The van der Waals surface area contributed by atoms with Crippen LogP contribution in [0.5, 0.6) is 0 Å². The molecule has 0 amide bonds. The van der Waals surface area contributed by atoms with Crippen LogP contribution in [0.1, 0.15) is 57.6 Å². The Labute approximate surface area is 203 Å². The average molecular weight is 493 g/mol. The lowest BCUT2D eigenvalue weighted by Crippen LogP contribution is -2.38. The van der Waals surface area contributed by atoms with Gasteiger partial charge >= 0.3 is 0 Å². The number of nitrogens with one attached hydrogen (secondary N) is 2. The van der Waals surface area contributed by atoms with Gasteiger partial charge in [0.25, 0.3) is 5.56 Å². The maximum Gasteiger partial charge on any atom is 0.278 e. The fraction of sp³-hybridized carbons (Fsp3) is 0.636. The maximum atomic E-state index is 12.8. The first-order chi connectivity index (χ1) is 13.6. The molecule has 0 aliphatic heterocycles. The number of halogens is 3. The Morgan fingerprint density at radius 3 is 2.61 bits per heavy atom. The zero-order chi connectivity index (χ0) is 19.5. The normalized spacial score (nSPS) is 15.4. The standard InChI is InChI=1S/C22H33N5O.3ClH/c1-16(23-13-14-24-18-9-4-3-5-10-18)8-7-15-26-20-12-6-11-19-25-17(2)21(22(26)28)27(19)20;;;/h6,11-12,16,18,23-24H,3-5,7-10,13-15H2,1-2H3;3*1H. The van der Waals surface area contributed by atoms with Crippen LogP contribution in [-0.4, -0.2) is 39.1 Å². The van der Waals surface area contributed by atoms with Gasteiger partial charge in [0.05, 0.1) is 5.69 Å². The van der Waals surface area contributed by atoms with Gasteiger partial charge in [-0.05, 0) is 51.7 Å². The summed E-state index contributed by atoms with van der Waals surface area (Å²) in [4.78, 5) is 17.3. The van der Waals surface area contributed by atoms with E-state index >= 15 is 0 Å². The van der Waals surface area contributed by atoms with Crippen LogP contribution in [-0.2, 0) is 6.54 Å². The van der Waals surface area contributed by atoms with E-state index in [0.717, 1.165) is 61.0 Å². The Morgan fingerprint density at radius 2 is 1.87 bits per heavy atom. The third kappa shape index (κ3) is 6.26. The summed E-state index contributed by atoms with van der Waals surface area (Å²) in [5.41, 5.74) is 3.45. The van der Waals surface area contributed by atoms with E-state index in [2.05, 4.69) is 22.5 Å². The van der Waals surface area contributed by atoms with Crippen molar-refractivity contribution in [1.82, 2.24) is 24.6 Å². The second kappa shape index (κ2) is 12.9. The van der Waals surface area contributed by atoms with E-state index in [1.807, 2.05) is 34.1 Å². The van der Waals surface area contributed by atoms with Gasteiger partial charge in [-0.2, -0.15) is 0 Å². The maximum absolute atomic E-state index is 12.8. The smallest absolute Gasteiger partial charge is 0.278 e. The van der Waals surface area contributed by atoms with Gasteiger partial charge in [-0.1, -0.05) is 25.3 Å². The van der Waals surface area contributed by atoms with Gasteiger partial charge in [-0.3, -0.25) is 13.8 Å². The van der Waals surface area contributed by atoms with Crippen molar-refractivity contribution in [3.05, 3.63) is 34.2 Å². The van der Waals surface area contributed by atoms with Crippen molar-refractivity contribution in [2.24, 2.45) is 0 Å². The number of rotatable bonds is 9. The number of aryl methyl sites for hydroxylation is 2. The molecule has 1 fully saturated rings. The summed E-state index contributed by atoms with van der Waals surface area (Å²) in [6, 6.07) is 7.15. The fourth-order valence-corrected chi connectivity index (χ4v) is 4.66. The van der Waals surface area contributed by atoms with Gasteiger partial charge in [0.2, 0.25) is 0 Å². The minimum absolute atomic E-state index is 0. The van der Waals surface area contributed by atoms with Gasteiger partial charge in [-0.25, -0.2) is 4.98 Å². The first kappa shape index (κ1) is 28.0. The summed E-state index contributed by atoms with van der Waals surface area (Å²) in [6.45, 7) is 6.97. The van der Waals surface area contributed by atoms with Crippen molar-refractivity contribution in [2.75, 3.05) is 13.1 Å². The van der Waals surface area contributed by atoms with Gasteiger partial charge < -0.3 is 10.6 Å². The minimum atomic E-state index is 0. The first-order valence-corrected chi connectivity index (χ1v) is 10.9. The third-order valence-electron chi connectivity index (χ3n) is 6.20. The molecule has 9 heteroatoms. The molecule has 3 aromatic rings. The molecule has 31 heavy (non-hydrogen) atoms. The molecule has 2 N–H and O–H groups in total. The molecular formula is C22H36Cl3N5O. The molecule has 1 saturated carbocycles. The van der Waals surface area contributed by atoms with E-state index in [9.17, 15) is 4.79 Å². The molecule has 1 aliphatic rings. The Bertz CT molecular complexity index is 967. The van der Waals surface area contributed by atoms with Gasteiger partial charge in [-0.15, -0.1) is 37.2 Å². The Morgan fingerprint density at radius 1 is 1.13 bits per heavy atom. The quantitative estimate of drug-likeness (QED) is 0.436. The molecule has 4 rings (SSSR count).